The predicted molar refractivity (Wildman–Crippen MR) is 125 cm³/mol. The van der Waals surface area contributed by atoms with Gasteiger partial charge in [-0.3, -0.25) is 0 Å². The second-order valence-electron chi connectivity index (χ2n) is 7.72. The van der Waals surface area contributed by atoms with E-state index in [1.807, 2.05) is 18.2 Å². The molecule has 7 heteroatoms. The van der Waals surface area contributed by atoms with E-state index >= 15 is 0 Å². The average molecular weight is 429 g/mol. The molecule has 2 aromatic carbocycles. The third-order valence-electron chi connectivity index (χ3n) is 5.64. The van der Waals surface area contributed by atoms with Crippen molar-refractivity contribution in [2.45, 2.75) is 39.7 Å². The van der Waals surface area contributed by atoms with E-state index in [2.05, 4.69) is 74.8 Å². The van der Waals surface area contributed by atoms with E-state index in [-0.39, 0.29) is 0 Å². The zero-order valence-corrected chi connectivity index (χ0v) is 18.5. The molecule has 0 fully saturated rings. The van der Waals surface area contributed by atoms with Crippen LogP contribution in [0.25, 0.3) is 33.5 Å². The van der Waals surface area contributed by atoms with Crippen molar-refractivity contribution in [2.75, 3.05) is 0 Å². The Labute approximate surface area is 185 Å². The first-order chi connectivity index (χ1) is 15.2. The number of benzene rings is 2. The second-order valence-corrected chi connectivity index (χ2v) is 8.81. The molecule has 0 amide bonds. The van der Waals surface area contributed by atoms with Crippen molar-refractivity contribution in [2.24, 2.45) is 0 Å². The number of aryl methyl sites for hydroxylation is 2. The fourth-order valence-electron chi connectivity index (χ4n) is 3.97. The Morgan fingerprint density at radius 1 is 1.03 bits per heavy atom. The Bertz CT molecular complexity index is 1300. The lowest BCUT2D eigenvalue weighted by atomic mass is 9.98. The summed E-state index contributed by atoms with van der Waals surface area (Å²) in [6, 6.07) is 16.9. The van der Waals surface area contributed by atoms with Crippen LogP contribution in [0, 0.1) is 6.92 Å². The maximum Gasteiger partial charge on any atom is 0.205 e. The third kappa shape index (κ3) is 3.77. The van der Waals surface area contributed by atoms with E-state index in [0.717, 1.165) is 41.6 Å². The highest BCUT2D eigenvalue weighted by molar-refractivity contribution is 7.11. The van der Waals surface area contributed by atoms with Crippen molar-refractivity contribution in [3.63, 3.8) is 0 Å². The molecule has 0 aliphatic rings. The maximum absolute atomic E-state index is 4.96. The Balaban J connectivity index is 1.46. The number of hydrogen-bond acceptors (Lipinski definition) is 5. The molecule has 6 nitrogen and oxygen atoms in total. The van der Waals surface area contributed by atoms with E-state index in [9.17, 15) is 0 Å². The summed E-state index contributed by atoms with van der Waals surface area (Å²) in [6.07, 6.45) is 3.35. The van der Waals surface area contributed by atoms with Crippen LogP contribution in [0.5, 0.6) is 0 Å². The van der Waals surface area contributed by atoms with Crippen molar-refractivity contribution in [3.8, 4) is 22.5 Å². The van der Waals surface area contributed by atoms with Crippen LogP contribution in [0.3, 0.4) is 0 Å². The van der Waals surface area contributed by atoms with E-state index in [0.29, 0.717) is 5.82 Å². The van der Waals surface area contributed by atoms with Gasteiger partial charge in [0, 0.05) is 28.8 Å². The molecule has 0 aliphatic heterocycles. The molecule has 0 saturated heterocycles. The molecule has 5 aromatic rings. The van der Waals surface area contributed by atoms with Crippen LogP contribution < -0.4 is 0 Å². The molecule has 156 valence electrons. The Morgan fingerprint density at radius 2 is 1.84 bits per heavy atom. The lowest BCUT2D eigenvalue weighted by Crippen LogP contribution is -2.05. The van der Waals surface area contributed by atoms with Gasteiger partial charge in [-0.2, -0.15) is 5.21 Å². The number of fused-ring (bicyclic) bond motifs is 1. The van der Waals surface area contributed by atoms with Crippen molar-refractivity contribution >= 4 is 22.4 Å². The number of H-pyrrole nitrogens is 1. The molecule has 3 aromatic heterocycles. The fourth-order valence-corrected chi connectivity index (χ4v) is 4.76. The number of imidazole rings is 1. The van der Waals surface area contributed by atoms with Crippen LogP contribution >= 0.6 is 11.3 Å². The van der Waals surface area contributed by atoms with Gasteiger partial charge in [-0.25, -0.2) is 4.98 Å². The Kier molecular flexibility index (Phi) is 5.34. The van der Waals surface area contributed by atoms with Gasteiger partial charge in [-0.15, -0.1) is 21.5 Å². The lowest BCUT2D eigenvalue weighted by molar-refractivity contribution is 0.690. The molecule has 31 heavy (non-hydrogen) atoms. The standard InChI is InChI=1S/C24H24N6S/c1-3-4-9-22-25-23-16(2)31-15-21(23)30(22)14-17-10-12-18(13-11-17)19-7-5-6-8-20(19)24-26-28-29-27-24/h5-8,10-13,15H,3-4,9,14H2,1-2H3,(H,26,27,28,29). The van der Waals surface area contributed by atoms with Crippen LogP contribution in [0.4, 0.5) is 0 Å². The molecule has 0 bridgehead atoms. The van der Waals surface area contributed by atoms with Gasteiger partial charge in [0.1, 0.15) is 11.3 Å². The lowest BCUT2D eigenvalue weighted by Gasteiger charge is -2.11. The molecule has 3 heterocycles. The molecule has 0 unspecified atom stereocenters. The molecule has 0 atom stereocenters. The molecular weight excluding hydrogens is 404 g/mol. The van der Waals surface area contributed by atoms with Crippen molar-refractivity contribution in [1.29, 1.82) is 0 Å². The number of rotatable bonds is 7. The summed E-state index contributed by atoms with van der Waals surface area (Å²) >= 11 is 1.78. The van der Waals surface area contributed by atoms with E-state index in [1.54, 1.807) is 11.3 Å². The van der Waals surface area contributed by atoms with E-state index < -0.39 is 0 Å². The van der Waals surface area contributed by atoms with Gasteiger partial charge in [0.05, 0.1) is 5.52 Å². The van der Waals surface area contributed by atoms with Crippen molar-refractivity contribution in [3.05, 3.63) is 70.2 Å². The zero-order chi connectivity index (χ0) is 21.2. The molecule has 0 spiro atoms. The number of tetrazole rings is 1. The number of aromatic amines is 1. The monoisotopic (exact) mass is 428 g/mol. The molecule has 1 N–H and O–H groups in total. The predicted octanol–water partition coefficient (Wildman–Crippen LogP) is 5.64. The SMILES string of the molecule is CCCCc1nc2c(C)scc2n1Cc1ccc(-c2ccccc2-c2nn[nH]n2)cc1. The molecular formula is C24H24N6S. The topological polar surface area (TPSA) is 72.3 Å². The summed E-state index contributed by atoms with van der Waals surface area (Å²) in [5.74, 6) is 1.79. The highest BCUT2D eigenvalue weighted by Gasteiger charge is 2.15. The summed E-state index contributed by atoms with van der Waals surface area (Å²) in [7, 11) is 0. The van der Waals surface area contributed by atoms with Gasteiger partial charge in [-0.05, 0) is 35.2 Å². The number of thiophene rings is 1. The molecule has 5 rings (SSSR count). The number of aromatic nitrogens is 6. The first kappa shape index (κ1) is 19.6. The minimum Gasteiger partial charge on any atom is -0.323 e. The van der Waals surface area contributed by atoms with Gasteiger partial charge < -0.3 is 4.57 Å². The second kappa shape index (κ2) is 8.43. The summed E-state index contributed by atoms with van der Waals surface area (Å²) < 4.78 is 2.39. The highest BCUT2D eigenvalue weighted by Crippen LogP contribution is 2.31. The van der Waals surface area contributed by atoms with E-state index in [4.69, 9.17) is 4.98 Å². The molecule has 0 aliphatic carbocycles. The van der Waals surface area contributed by atoms with Gasteiger partial charge in [-0.1, -0.05) is 61.9 Å². The molecule has 0 radical (unpaired) electrons. The summed E-state index contributed by atoms with van der Waals surface area (Å²) in [5, 5.41) is 16.8. The first-order valence-electron chi connectivity index (χ1n) is 10.6. The van der Waals surface area contributed by atoms with Crippen molar-refractivity contribution in [1.82, 2.24) is 30.2 Å². The van der Waals surface area contributed by atoms with Crippen LogP contribution in [-0.4, -0.2) is 30.2 Å². The van der Waals surface area contributed by atoms with Crippen LogP contribution in [-0.2, 0) is 13.0 Å². The maximum atomic E-state index is 4.96. The number of unbranched alkanes of at least 4 members (excludes halogenated alkanes) is 1. The molecule has 0 saturated carbocycles. The van der Waals surface area contributed by atoms with Gasteiger partial charge in [0.25, 0.3) is 0 Å². The number of nitrogens with one attached hydrogen (secondary N) is 1. The highest BCUT2D eigenvalue weighted by atomic mass is 32.1. The average Bonchev–Trinajstić information content (AvgIpc) is 3.53. The third-order valence-corrected chi connectivity index (χ3v) is 6.53. The minimum atomic E-state index is 0.605. The van der Waals surface area contributed by atoms with Gasteiger partial charge >= 0.3 is 0 Å². The normalized spacial score (nSPS) is 11.4. The number of nitrogens with zero attached hydrogens (tertiary/aromatic N) is 5. The van der Waals surface area contributed by atoms with Crippen molar-refractivity contribution < 1.29 is 0 Å². The summed E-state index contributed by atoms with van der Waals surface area (Å²) in [4.78, 5) is 6.25. The largest absolute Gasteiger partial charge is 0.323 e. The summed E-state index contributed by atoms with van der Waals surface area (Å²) in [5.41, 5.74) is 6.87. The van der Waals surface area contributed by atoms with Gasteiger partial charge in [0.2, 0.25) is 5.82 Å². The Hall–Kier alpha value is -3.32. The number of hydrogen-bond donors (Lipinski definition) is 1. The minimum absolute atomic E-state index is 0.605. The first-order valence-corrected chi connectivity index (χ1v) is 11.5. The fraction of sp³-hybridized carbons (Fsp3) is 0.250. The smallest absolute Gasteiger partial charge is 0.205 e. The quantitative estimate of drug-likeness (QED) is 0.364. The summed E-state index contributed by atoms with van der Waals surface area (Å²) in [6.45, 7) is 5.22. The van der Waals surface area contributed by atoms with E-state index in [1.165, 1.54) is 28.2 Å². The zero-order valence-electron chi connectivity index (χ0n) is 17.7. The Morgan fingerprint density at radius 3 is 2.58 bits per heavy atom. The van der Waals surface area contributed by atoms with Crippen LogP contribution in [0.1, 0.15) is 36.0 Å². The van der Waals surface area contributed by atoms with Crippen LogP contribution in [0.15, 0.2) is 53.9 Å². The van der Waals surface area contributed by atoms with Gasteiger partial charge in [0.15, 0.2) is 0 Å². The van der Waals surface area contributed by atoms with Crippen LogP contribution in [0.2, 0.25) is 0 Å².